The molecular weight excluding hydrogens is 166 g/mol. The summed E-state index contributed by atoms with van der Waals surface area (Å²) in [6, 6.07) is 5.46. The van der Waals surface area contributed by atoms with Crippen LogP contribution in [0.1, 0.15) is 5.69 Å². The average molecular weight is 175 g/mol. The van der Waals surface area contributed by atoms with Crippen molar-refractivity contribution in [1.82, 2.24) is 15.0 Å². The SMILES string of the molecule is OCc1cccc(-c2ncc[nH]2)n1. The number of pyridine rings is 1. The van der Waals surface area contributed by atoms with Crippen molar-refractivity contribution in [1.29, 1.82) is 0 Å². The number of nitrogens with zero attached hydrogens (tertiary/aromatic N) is 2. The fraction of sp³-hybridized carbons (Fsp3) is 0.111. The Morgan fingerprint density at radius 2 is 2.31 bits per heavy atom. The molecule has 2 aromatic heterocycles. The van der Waals surface area contributed by atoms with Crippen LogP contribution in [-0.2, 0) is 6.61 Å². The first kappa shape index (κ1) is 7.94. The molecule has 2 aromatic rings. The van der Waals surface area contributed by atoms with E-state index in [9.17, 15) is 0 Å². The fourth-order valence-corrected chi connectivity index (χ4v) is 1.10. The molecule has 0 bridgehead atoms. The number of aromatic nitrogens is 3. The fourth-order valence-electron chi connectivity index (χ4n) is 1.10. The largest absolute Gasteiger partial charge is 0.390 e. The second-order valence-corrected chi connectivity index (χ2v) is 2.61. The van der Waals surface area contributed by atoms with E-state index in [2.05, 4.69) is 15.0 Å². The molecule has 2 heterocycles. The monoisotopic (exact) mass is 175 g/mol. The van der Waals surface area contributed by atoms with Crippen LogP contribution in [0.15, 0.2) is 30.6 Å². The van der Waals surface area contributed by atoms with Crippen molar-refractivity contribution in [2.75, 3.05) is 0 Å². The third kappa shape index (κ3) is 1.57. The molecule has 0 spiro atoms. The molecule has 66 valence electrons. The number of imidazole rings is 1. The van der Waals surface area contributed by atoms with Gasteiger partial charge in [0.05, 0.1) is 12.3 Å². The van der Waals surface area contributed by atoms with E-state index in [-0.39, 0.29) is 6.61 Å². The van der Waals surface area contributed by atoms with E-state index >= 15 is 0 Å². The summed E-state index contributed by atoms with van der Waals surface area (Å²) in [6.07, 6.45) is 3.41. The van der Waals surface area contributed by atoms with Gasteiger partial charge < -0.3 is 10.1 Å². The van der Waals surface area contributed by atoms with Gasteiger partial charge in [-0.1, -0.05) is 6.07 Å². The molecule has 0 saturated heterocycles. The predicted octanol–water partition coefficient (Wildman–Crippen LogP) is 0.964. The summed E-state index contributed by atoms with van der Waals surface area (Å²) in [6.45, 7) is -0.0471. The van der Waals surface area contributed by atoms with Crippen molar-refractivity contribution >= 4 is 0 Å². The first-order valence-electron chi connectivity index (χ1n) is 3.96. The minimum atomic E-state index is -0.0471. The lowest BCUT2D eigenvalue weighted by Gasteiger charge is -1.98. The summed E-state index contributed by atoms with van der Waals surface area (Å²) < 4.78 is 0. The molecule has 2 rings (SSSR count). The van der Waals surface area contributed by atoms with Gasteiger partial charge in [-0.2, -0.15) is 0 Å². The number of hydrogen-bond donors (Lipinski definition) is 2. The maximum absolute atomic E-state index is 8.87. The van der Waals surface area contributed by atoms with Crippen LogP contribution in [-0.4, -0.2) is 20.1 Å². The molecule has 0 aromatic carbocycles. The summed E-state index contributed by atoms with van der Waals surface area (Å²) in [5.74, 6) is 0.718. The van der Waals surface area contributed by atoms with E-state index in [4.69, 9.17) is 5.11 Å². The molecule has 2 N–H and O–H groups in total. The van der Waals surface area contributed by atoms with Gasteiger partial charge in [0.2, 0.25) is 0 Å². The first-order chi connectivity index (χ1) is 6.40. The zero-order valence-corrected chi connectivity index (χ0v) is 6.94. The van der Waals surface area contributed by atoms with Gasteiger partial charge in [0.1, 0.15) is 5.69 Å². The summed E-state index contributed by atoms with van der Waals surface area (Å²) in [5, 5.41) is 8.87. The highest BCUT2D eigenvalue weighted by Crippen LogP contribution is 2.11. The van der Waals surface area contributed by atoms with Gasteiger partial charge >= 0.3 is 0 Å². The van der Waals surface area contributed by atoms with Gasteiger partial charge in [-0.3, -0.25) is 0 Å². The van der Waals surface area contributed by atoms with Crippen molar-refractivity contribution in [3.05, 3.63) is 36.3 Å². The zero-order valence-electron chi connectivity index (χ0n) is 6.94. The average Bonchev–Trinajstić information content (AvgIpc) is 2.71. The topological polar surface area (TPSA) is 61.8 Å². The number of hydrogen-bond acceptors (Lipinski definition) is 3. The Hall–Kier alpha value is -1.68. The Balaban J connectivity index is 2.41. The lowest BCUT2D eigenvalue weighted by molar-refractivity contribution is 0.277. The van der Waals surface area contributed by atoms with E-state index in [0.29, 0.717) is 5.69 Å². The Bertz CT molecular complexity index is 384. The first-order valence-corrected chi connectivity index (χ1v) is 3.96. The van der Waals surface area contributed by atoms with Gasteiger partial charge in [-0.05, 0) is 12.1 Å². The number of H-pyrrole nitrogens is 1. The number of nitrogens with one attached hydrogen (secondary N) is 1. The number of rotatable bonds is 2. The molecule has 0 aliphatic rings. The normalized spacial score (nSPS) is 10.2. The highest BCUT2D eigenvalue weighted by Gasteiger charge is 2.01. The molecule has 0 amide bonds. The Kier molecular flexibility index (Phi) is 2.06. The highest BCUT2D eigenvalue weighted by atomic mass is 16.3. The van der Waals surface area contributed by atoms with Crippen molar-refractivity contribution in [2.45, 2.75) is 6.61 Å². The molecule has 13 heavy (non-hydrogen) atoms. The Morgan fingerprint density at radius 1 is 1.38 bits per heavy atom. The smallest absolute Gasteiger partial charge is 0.155 e. The van der Waals surface area contributed by atoms with Crippen LogP contribution >= 0.6 is 0 Å². The highest BCUT2D eigenvalue weighted by molar-refractivity contribution is 5.48. The van der Waals surface area contributed by atoms with E-state index in [1.165, 1.54) is 0 Å². The van der Waals surface area contributed by atoms with Crippen molar-refractivity contribution in [2.24, 2.45) is 0 Å². The van der Waals surface area contributed by atoms with Crippen LogP contribution < -0.4 is 0 Å². The molecule has 4 nitrogen and oxygen atoms in total. The zero-order chi connectivity index (χ0) is 9.10. The van der Waals surface area contributed by atoms with Crippen LogP contribution in [0.2, 0.25) is 0 Å². The van der Waals surface area contributed by atoms with Gasteiger partial charge in [-0.25, -0.2) is 9.97 Å². The van der Waals surface area contributed by atoms with Crippen LogP contribution in [0.3, 0.4) is 0 Å². The lowest BCUT2D eigenvalue weighted by atomic mass is 10.3. The summed E-state index contributed by atoms with van der Waals surface area (Å²) >= 11 is 0. The molecule has 4 heteroatoms. The van der Waals surface area contributed by atoms with E-state index in [0.717, 1.165) is 11.5 Å². The number of aromatic amines is 1. The molecule has 0 atom stereocenters. The molecule has 0 fully saturated rings. The minimum Gasteiger partial charge on any atom is -0.390 e. The van der Waals surface area contributed by atoms with Crippen LogP contribution in [0.5, 0.6) is 0 Å². The van der Waals surface area contributed by atoms with E-state index < -0.39 is 0 Å². The third-order valence-corrected chi connectivity index (χ3v) is 1.71. The summed E-state index contributed by atoms with van der Waals surface area (Å²) in [4.78, 5) is 11.2. The molecular formula is C9H9N3O. The molecule has 0 unspecified atom stereocenters. The predicted molar refractivity (Wildman–Crippen MR) is 47.7 cm³/mol. The molecule has 0 aliphatic carbocycles. The maximum atomic E-state index is 8.87. The van der Waals surface area contributed by atoms with Crippen LogP contribution in [0.4, 0.5) is 0 Å². The summed E-state index contributed by atoms with van der Waals surface area (Å²) in [5.41, 5.74) is 1.39. The quantitative estimate of drug-likeness (QED) is 0.714. The van der Waals surface area contributed by atoms with E-state index in [1.54, 1.807) is 18.5 Å². The van der Waals surface area contributed by atoms with Crippen LogP contribution in [0, 0.1) is 0 Å². The van der Waals surface area contributed by atoms with Crippen molar-refractivity contribution < 1.29 is 5.11 Å². The Morgan fingerprint density at radius 3 is 3.00 bits per heavy atom. The van der Waals surface area contributed by atoms with Crippen molar-refractivity contribution in [3.8, 4) is 11.5 Å². The van der Waals surface area contributed by atoms with Crippen LogP contribution in [0.25, 0.3) is 11.5 Å². The second-order valence-electron chi connectivity index (χ2n) is 2.61. The maximum Gasteiger partial charge on any atom is 0.155 e. The lowest BCUT2D eigenvalue weighted by Crippen LogP contribution is -1.91. The summed E-state index contributed by atoms with van der Waals surface area (Å²) in [7, 11) is 0. The Labute approximate surface area is 75.3 Å². The minimum absolute atomic E-state index is 0.0471. The number of aliphatic hydroxyl groups excluding tert-OH is 1. The molecule has 0 saturated carbocycles. The van der Waals surface area contributed by atoms with Gasteiger partial charge in [0, 0.05) is 12.4 Å². The number of aliphatic hydroxyl groups is 1. The molecule has 0 radical (unpaired) electrons. The standard InChI is InChI=1S/C9H9N3O/c13-6-7-2-1-3-8(12-7)9-10-4-5-11-9/h1-5,13H,6H2,(H,10,11). The third-order valence-electron chi connectivity index (χ3n) is 1.71. The molecule has 0 aliphatic heterocycles. The van der Waals surface area contributed by atoms with Gasteiger partial charge in [0.15, 0.2) is 5.82 Å². The van der Waals surface area contributed by atoms with E-state index in [1.807, 2.05) is 12.1 Å². The van der Waals surface area contributed by atoms with Crippen molar-refractivity contribution in [3.63, 3.8) is 0 Å². The van der Waals surface area contributed by atoms with Gasteiger partial charge in [0.25, 0.3) is 0 Å². The van der Waals surface area contributed by atoms with Gasteiger partial charge in [-0.15, -0.1) is 0 Å². The second kappa shape index (κ2) is 3.37.